The lowest BCUT2D eigenvalue weighted by Gasteiger charge is -2.51. The molecule has 0 aromatic heterocycles. The van der Waals surface area contributed by atoms with E-state index in [0.717, 1.165) is 0 Å². The van der Waals surface area contributed by atoms with Gasteiger partial charge < -0.3 is 0 Å². The van der Waals surface area contributed by atoms with Gasteiger partial charge in [-0.2, -0.15) is 0 Å². The highest BCUT2D eigenvalue weighted by Gasteiger charge is 2.63. The van der Waals surface area contributed by atoms with Gasteiger partial charge in [0.15, 0.2) is 0 Å². The van der Waals surface area contributed by atoms with Crippen molar-refractivity contribution in [1.29, 1.82) is 0 Å². The van der Waals surface area contributed by atoms with Gasteiger partial charge >= 0.3 is 0 Å². The van der Waals surface area contributed by atoms with Crippen molar-refractivity contribution in [1.82, 2.24) is 9.80 Å². The summed E-state index contributed by atoms with van der Waals surface area (Å²) >= 11 is 0. The summed E-state index contributed by atoms with van der Waals surface area (Å²) in [6.45, 7) is 0.863. The summed E-state index contributed by atoms with van der Waals surface area (Å²) in [7, 11) is 3.23. The average molecular weight is 521 g/mol. The highest BCUT2D eigenvalue weighted by Crippen LogP contribution is 2.60. The monoisotopic (exact) mass is 520 g/mol. The number of amides is 4. The average Bonchev–Trinajstić information content (AvgIpc) is 3.23. The summed E-state index contributed by atoms with van der Waals surface area (Å²) in [5.41, 5.74) is 0. The van der Waals surface area contributed by atoms with Crippen LogP contribution in [0.4, 0.5) is 0 Å². The van der Waals surface area contributed by atoms with E-state index in [1.54, 1.807) is 21.6 Å². The van der Waals surface area contributed by atoms with E-state index in [0.29, 0.717) is 48.3 Å². The number of carbonyl (C=O) groups excluding carboxylic acids is 4. The summed E-state index contributed by atoms with van der Waals surface area (Å²) in [6.07, 6.45) is 17.5. The predicted octanol–water partition coefficient (Wildman–Crippen LogP) is 2.81. The van der Waals surface area contributed by atoms with Gasteiger partial charge in [0.05, 0.1) is 23.7 Å². The number of hydrogen-bond acceptors (Lipinski definition) is 6. The van der Waals surface area contributed by atoms with Gasteiger partial charge in [-0.05, 0) is 47.3 Å². The topological polar surface area (TPSA) is 74.8 Å². The van der Waals surface area contributed by atoms with Crippen molar-refractivity contribution in [2.24, 2.45) is 71.0 Å². The van der Waals surface area contributed by atoms with E-state index in [-0.39, 0.29) is 71.0 Å². The Morgan fingerprint density at radius 3 is 0.944 bits per heavy atom. The molecule has 0 radical (unpaired) electrons. The smallest absolute Gasteiger partial charge is 0.233 e. The number of imide groups is 2. The van der Waals surface area contributed by atoms with Crippen LogP contribution in [0, 0.1) is 71.0 Å². The molecule has 10 aliphatic rings. The molecule has 8 aliphatic carbocycles. The molecule has 4 bridgehead atoms. The van der Waals surface area contributed by atoms with Crippen LogP contribution in [-0.2, 0) is 19.2 Å². The molecule has 6 nitrogen and oxygen atoms in total. The molecule has 0 aromatic rings. The van der Waals surface area contributed by atoms with Crippen LogP contribution in [0.3, 0.4) is 0 Å². The lowest BCUT2D eigenvalue weighted by molar-refractivity contribution is -0.141. The molecule has 0 unspecified atom stereocenters. The zero-order valence-electron chi connectivity index (χ0n) is 19.7. The predicted molar refractivity (Wildman–Crippen MR) is 137 cm³/mol. The van der Waals surface area contributed by atoms with E-state index < -0.39 is 0 Å². The second-order valence-electron chi connectivity index (χ2n) is 11.6. The SMILES string of the molecule is O=C1[C@@H]2[C@@H]3C=C[C@H]([C@H]4C=C[C@H]43)[C@@H]2C(=O)N1CCSSCCN1C(=O)[C@@H]2[C@@H]3C=C[C@H]([C@H]4C=C[C@H]43)[C@@H]2C1=O. The third-order valence-electron chi connectivity index (χ3n) is 10.4. The van der Waals surface area contributed by atoms with Gasteiger partial charge in [-0.1, -0.05) is 70.2 Å². The molecule has 2 saturated carbocycles. The lowest BCUT2D eigenvalue weighted by Crippen LogP contribution is -2.50. The number of allylic oxidation sites excluding steroid dienone is 8. The number of likely N-dealkylation sites (tertiary alicyclic amines) is 2. The normalized spacial score (nSPS) is 47.8. The first-order valence-corrected chi connectivity index (χ1v) is 15.7. The molecule has 4 amide bonds. The maximum Gasteiger partial charge on any atom is 0.233 e. The highest BCUT2D eigenvalue weighted by atomic mass is 33.1. The largest absolute Gasteiger partial charge is 0.281 e. The number of carbonyl (C=O) groups is 4. The first-order chi connectivity index (χ1) is 17.6. The molecule has 2 saturated heterocycles. The van der Waals surface area contributed by atoms with Gasteiger partial charge in [-0.25, -0.2) is 0 Å². The van der Waals surface area contributed by atoms with Crippen LogP contribution in [0.15, 0.2) is 48.6 Å². The Balaban J connectivity index is 0.839. The van der Waals surface area contributed by atoms with Crippen LogP contribution in [0.5, 0.6) is 0 Å². The number of rotatable bonds is 7. The quantitative estimate of drug-likeness (QED) is 0.223. The Labute approximate surface area is 218 Å². The van der Waals surface area contributed by atoms with Crippen molar-refractivity contribution in [3.8, 4) is 0 Å². The van der Waals surface area contributed by atoms with Gasteiger partial charge in [-0.15, -0.1) is 0 Å². The summed E-state index contributed by atoms with van der Waals surface area (Å²) in [6, 6.07) is 0. The summed E-state index contributed by atoms with van der Waals surface area (Å²) in [5.74, 6) is 3.07. The number of nitrogens with zero attached hydrogens (tertiary/aromatic N) is 2. The van der Waals surface area contributed by atoms with Crippen molar-refractivity contribution in [2.45, 2.75) is 0 Å². The minimum Gasteiger partial charge on any atom is -0.281 e. The third kappa shape index (κ3) is 2.67. The van der Waals surface area contributed by atoms with Gasteiger partial charge in [-0.3, -0.25) is 29.0 Å². The highest BCUT2D eigenvalue weighted by molar-refractivity contribution is 8.76. The molecule has 0 N–H and O–H groups in total. The number of hydrogen-bond donors (Lipinski definition) is 0. The first kappa shape index (κ1) is 22.0. The Bertz CT molecular complexity index is 1040. The van der Waals surface area contributed by atoms with E-state index in [2.05, 4.69) is 48.6 Å². The molecule has 36 heavy (non-hydrogen) atoms. The zero-order valence-corrected chi connectivity index (χ0v) is 21.4. The zero-order chi connectivity index (χ0) is 24.3. The lowest BCUT2D eigenvalue weighted by atomic mass is 9.50. The van der Waals surface area contributed by atoms with Crippen LogP contribution in [0.25, 0.3) is 0 Å². The molecule has 10 rings (SSSR count). The molecule has 8 heteroatoms. The fourth-order valence-corrected chi connectivity index (χ4v) is 10.6. The maximum absolute atomic E-state index is 13.2. The maximum atomic E-state index is 13.2. The van der Waals surface area contributed by atoms with Crippen LogP contribution in [0.1, 0.15) is 0 Å². The minimum atomic E-state index is -0.178. The summed E-state index contributed by atoms with van der Waals surface area (Å²) < 4.78 is 0. The molecule has 0 spiro atoms. The first-order valence-electron chi connectivity index (χ1n) is 13.2. The molecule has 12 atom stereocenters. The second-order valence-corrected chi connectivity index (χ2v) is 14.3. The van der Waals surface area contributed by atoms with E-state index >= 15 is 0 Å². The van der Waals surface area contributed by atoms with Crippen LogP contribution < -0.4 is 0 Å². The molecule has 186 valence electrons. The molecular formula is C28H28N2O4S2. The molecule has 2 heterocycles. The molecule has 2 aliphatic heterocycles. The second kappa shape index (κ2) is 7.73. The van der Waals surface area contributed by atoms with Crippen molar-refractivity contribution >= 4 is 45.2 Å². The van der Waals surface area contributed by atoms with E-state index in [9.17, 15) is 19.2 Å². The van der Waals surface area contributed by atoms with Crippen molar-refractivity contribution < 1.29 is 19.2 Å². The third-order valence-corrected chi connectivity index (χ3v) is 12.8. The van der Waals surface area contributed by atoms with E-state index in [4.69, 9.17) is 0 Å². The standard InChI is InChI=1S/C28H28N2O4S2/c31-25-21-17-5-6-18(14-2-1-13(14)17)22(21)26(32)29(25)9-11-35-36-12-10-30-27(33)23-19-7-8-20(24(23)28(30)34)16-4-3-15(16)19/h1-8,13-24H,9-12H2/t13-,14+,15-,16+,17-,18-,19-,20-,21-,22+,23-,24+/m1/s1. The van der Waals surface area contributed by atoms with E-state index in [1.165, 1.54) is 9.80 Å². The van der Waals surface area contributed by atoms with Crippen LogP contribution in [-0.4, -0.2) is 58.0 Å². The van der Waals surface area contributed by atoms with Crippen LogP contribution >= 0.6 is 21.6 Å². The van der Waals surface area contributed by atoms with Gasteiger partial charge in [0.2, 0.25) is 23.6 Å². The Kier molecular flexibility index (Phi) is 4.72. The molecule has 0 aromatic carbocycles. The van der Waals surface area contributed by atoms with Crippen molar-refractivity contribution in [3.05, 3.63) is 48.6 Å². The summed E-state index contributed by atoms with van der Waals surface area (Å²) in [5, 5.41) is 0. The Morgan fingerprint density at radius 2 is 0.694 bits per heavy atom. The molecular weight excluding hydrogens is 492 g/mol. The van der Waals surface area contributed by atoms with Crippen molar-refractivity contribution in [3.63, 3.8) is 0 Å². The van der Waals surface area contributed by atoms with Gasteiger partial charge in [0.25, 0.3) is 0 Å². The van der Waals surface area contributed by atoms with Crippen molar-refractivity contribution in [2.75, 3.05) is 24.6 Å². The Morgan fingerprint density at radius 1 is 0.444 bits per heavy atom. The van der Waals surface area contributed by atoms with E-state index in [1.807, 2.05) is 0 Å². The van der Waals surface area contributed by atoms with Crippen LogP contribution in [0.2, 0.25) is 0 Å². The van der Waals surface area contributed by atoms with Gasteiger partial charge in [0.1, 0.15) is 0 Å². The Hall–Kier alpha value is -2.06. The summed E-state index contributed by atoms with van der Waals surface area (Å²) in [4.78, 5) is 55.6. The minimum absolute atomic E-state index is 0.0104. The van der Waals surface area contributed by atoms with Gasteiger partial charge in [0, 0.05) is 24.6 Å². The molecule has 4 fully saturated rings. The fraction of sp³-hybridized carbons (Fsp3) is 0.571. The fourth-order valence-electron chi connectivity index (χ4n) is 8.72.